The van der Waals surface area contributed by atoms with Crippen molar-refractivity contribution in [2.75, 3.05) is 19.7 Å². The van der Waals surface area contributed by atoms with E-state index in [-0.39, 0.29) is 36.2 Å². The van der Waals surface area contributed by atoms with Crippen molar-refractivity contribution >= 4 is 17.8 Å². The van der Waals surface area contributed by atoms with Crippen LogP contribution in [0.1, 0.15) is 49.9 Å². The number of benzene rings is 1. The largest absolute Gasteiger partial charge is 0.455 e. The molecule has 1 aliphatic heterocycles. The third kappa shape index (κ3) is 6.34. The molecule has 148 valence electrons. The molecule has 1 aromatic rings. The van der Waals surface area contributed by atoms with Crippen LogP contribution in [0.5, 0.6) is 0 Å². The molecule has 0 spiro atoms. The van der Waals surface area contributed by atoms with Crippen LogP contribution in [0.15, 0.2) is 24.3 Å². The minimum Gasteiger partial charge on any atom is -0.455 e. The summed E-state index contributed by atoms with van der Waals surface area (Å²) in [5.74, 6) is -1.58. The van der Waals surface area contributed by atoms with E-state index in [0.29, 0.717) is 31.5 Å². The minimum atomic E-state index is -0.401. The average molecular weight is 378 g/mol. The maximum Gasteiger partial charge on any atom is 0.309 e. The zero-order valence-corrected chi connectivity index (χ0v) is 15.9. The summed E-state index contributed by atoms with van der Waals surface area (Å²) in [5.41, 5.74) is 0.426. The van der Waals surface area contributed by atoms with Crippen LogP contribution in [0.4, 0.5) is 4.39 Å². The number of nitrogens with zero attached hydrogens (tertiary/aromatic N) is 1. The van der Waals surface area contributed by atoms with Crippen LogP contribution in [0, 0.1) is 11.7 Å². The van der Waals surface area contributed by atoms with Gasteiger partial charge in [0.1, 0.15) is 5.82 Å². The molecule has 1 aliphatic rings. The van der Waals surface area contributed by atoms with Crippen molar-refractivity contribution in [2.24, 2.45) is 5.92 Å². The number of hydrogen-bond donors (Lipinski definition) is 1. The first kappa shape index (κ1) is 20.9. The Kier molecular flexibility index (Phi) is 7.76. The molecular formula is C20H27FN2O4. The molecule has 0 aliphatic carbocycles. The zero-order chi connectivity index (χ0) is 19.8. The number of piperidine rings is 1. The van der Waals surface area contributed by atoms with Gasteiger partial charge in [0.15, 0.2) is 6.61 Å². The maximum absolute atomic E-state index is 13.0. The van der Waals surface area contributed by atoms with Gasteiger partial charge in [-0.15, -0.1) is 0 Å². The summed E-state index contributed by atoms with van der Waals surface area (Å²) in [7, 11) is 0. The van der Waals surface area contributed by atoms with E-state index in [4.69, 9.17) is 4.74 Å². The number of hydrogen-bond acceptors (Lipinski definition) is 4. The van der Waals surface area contributed by atoms with Crippen LogP contribution in [0.2, 0.25) is 0 Å². The second-order valence-corrected chi connectivity index (χ2v) is 6.94. The van der Waals surface area contributed by atoms with E-state index in [1.807, 2.05) is 13.8 Å². The normalized spacial score (nSPS) is 15.9. The van der Waals surface area contributed by atoms with Crippen molar-refractivity contribution in [2.45, 2.75) is 45.6 Å². The Hall–Kier alpha value is -2.44. The van der Waals surface area contributed by atoms with Crippen LogP contribution in [-0.2, 0) is 14.3 Å². The standard InChI is InChI=1S/C20H27FN2O4/c1-3-4-14(2)22-18(24)13-27-20(26)16-9-11-23(12-10-16)19(25)15-5-7-17(21)8-6-15/h5-8,14,16H,3-4,9-13H2,1-2H3,(H,22,24)/t14-/m0/s1. The van der Waals surface area contributed by atoms with Gasteiger partial charge in [-0.1, -0.05) is 13.3 Å². The summed E-state index contributed by atoms with van der Waals surface area (Å²) in [6.07, 6.45) is 2.82. The van der Waals surface area contributed by atoms with E-state index >= 15 is 0 Å². The summed E-state index contributed by atoms with van der Waals surface area (Å²) in [5, 5.41) is 2.79. The number of amides is 2. The van der Waals surface area contributed by atoms with Gasteiger partial charge >= 0.3 is 5.97 Å². The Morgan fingerprint density at radius 2 is 1.85 bits per heavy atom. The lowest BCUT2D eigenvalue weighted by atomic mass is 9.96. The number of carbonyl (C=O) groups is 3. The van der Waals surface area contributed by atoms with Gasteiger partial charge in [0.25, 0.3) is 11.8 Å². The number of esters is 1. The van der Waals surface area contributed by atoms with E-state index in [1.54, 1.807) is 4.90 Å². The SMILES string of the molecule is CCC[C@H](C)NC(=O)COC(=O)C1CCN(C(=O)c2ccc(F)cc2)CC1. The highest BCUT2D eigenvalue weighted by Crippen LogP contribution is 2.20. The molecule has 2 rings (SSSR count). The van der Waals surface area contributed by atoms with E-state index in [0.717, 1.165) is 12.8 Å². The molecule has 1 saturated heterocycles. The Morgan fingerprint density at radius 1 is 1.22 bits per heavy atom. The van der Waals surface area contributed by atoms with Crippen molar-refractivity contribution in [1.82, 2.24) is 10.2 Å². The number of nitrogens with one attached hydrogen (secondary N) is 1. The number of rotatable bonds is 7. The van der Waals surface area contributed by atoms with Crippen LogP contribution in [-0.4, -0.2) is 48.4 Å². The molecule has 2 amide bonds. The van der Waals surface area contributed by atoms with Gasteiger partial charge in [-0.05, 0) is 50.5 Å². The van der Waals surface area contributed by atoms with E-state index < -0.39 is 5.97 Å². The summed E-state index contributed by atoms with van der Waals surface area (Å²) < 4.78 is 18.1. The van der Waals surface area contributed by atoms with Crippen molar-refractivity contribution in [3.05, 3.63) is 35.6 Å². The summed E-state index contributed by atoms with van der Waals surface area (Å²) >= 11 is 0. The molecule has 0 unspecified atom stereocenters. The summed E-state index contributed by atoms with van der Waals surface area (Å²) in [4.78, 5) is 38.0. The zero-order valence-electron chi connectivity index (χ0n) is 15.9. The molecule has 0 saturated carbocycles. The van der Waals surface area contributed by atoms with Crippen molar-refractivity contribution < 1.29 is 23.5 Å². The Labute approximate surface area is 159 Å². The van der Waals surface area contributed by atoms with E-state index in [9.17, 15) is 18.8 Å². The number of carbonyl (C=O) groups excluding carboxylic acids is 3. The fourth-order valence-corrected chi connectivity index (χ4v) is 3.17. The van der Waals surface area contributed by atoms with Gasteiger partial charge in [-0.2, -0.15) is 0 Å². The molecule has 0 radical (unpaired) electrons. The van der Waals surface area contributed by atoms with Gasteiger partial charge in [0, 0.05) is 24.7 Å². The Bertz CT molecular complexity index is 654. The first-order chi connectivity index (χ1) is 12.9. The fraction of sp³-hybridized carbons (Fsp3) is 0.550. The molecule has 1 aromatic carbocycles. The predicted molar refractivity (Wildman–Crippen MR) is 98.5 cm³/mol. The number of likely N-dealkylation sites (tertiary alicyclic amines) is 1. The first-order valence-corrected chi connectivity index (χ1v) is 9.41. The van der Waals surface area contributed by atoms with E-state index in [2.05, 4.69) is 5.32 Å². The predicted octanol–water partition coefficient (Wildman–Crippen LogP) is 2.53. The van der Waals surface area contributed by atoms with Crippen LogP contribution in [0.3, 0.4) is 0 Å². The molecule has 27 heavy (non-hydrogen) atoms. The highest BCUT2D eigenvalue weighted by molar-refractivity contribution is 5.94. The number of ether oxygens (including phenoxy) is 1. The Morgan fingerprint density at radius 3 is 2.44 bits per heavy atom. The monoisotopic (exact) mass is 378 g/mol. The van der Waals surface area contributed by atoms with E-state index in [1.165, 1.54) is 24.3 Å². The third-order valence-electron chi connectivity index (χ3n) is 4.68. The fourth-order valence-electron chi connectivity index (χ4n) is 3.17. The molecule has 1 atom stereocenters. The topological polar surface area (TPSA) is 75.7 Å². The smallest absolute Gasteiger partial charge is 0.309 e. The lowest BCUT2D eigenvalue weighted by Crippen LogP contribution is -2.41. The van der Waals surface area contributed by atoms with Gasteiger partial charge in [0.2, 0.25) is 0 Å². The van der Waals surface area contributed by atoms with Crippen molar-refractivity contribution in [1.29, 1.82) is 0 Å². The van der Waals surface area contributed by atoms with Crippen LogP contribution < -0.4 is 5.32 Å². The van der Waals surface area contributed by atoms with Crippen LogP contribution in [0.25, 0.3) is 0 Å². The highest BCUT2D eigenvalue weighted by Gasteiger charge is 2.29. The quantitative estimate of drug-likeness (QED) is 0.740. The van der Waals surface area contributed by atoms with Crippen LogP contribution >= 0.6 is 0 Å². The van der Waals surface area contributed by atoms with Gasteiger partial charge in [0.05, 0.1) is 5.92 Å². The Balaban J connectivity index is 1.74. The van der Waals surface area contributed by atoms with Gasteiger partial charge < -0.3 is 15.0 Å². The second-order valence-electron chi connectivity index (χ2n) is 6.94. The maximum atomic E-state index is 13.0. The molecule has 0 aromatic heterocycles. The lowest BCUT2D eigenvalue weighted by Gasteiger charge is -2.31. The molecular weight excluding hydrogens is 351 g/mol. The van der Waals surface area contributed by atoms with Gasteiger partial charge in [-0.3, -0.25) is 14.4 Å². The number of halogens is 1. The molecule has 1 fully saturated rings. The average Bonchev–Trinajstić information content (AvgIpc) is 2.66. The summed E-state index contributed by atoms with van der Waals surface area (Å²) in [6, 6.07) is 5.47. The third-order valence-corrected chi connectivity index (χ3v) is 4.68. The summed E-state index contributed by atoms with van der Waals surface area (Å²) in [6.45, 7) is 4.53. The van der Waals surface area contributed by atoms with Crippen molar-refractivity contribution in [3.63, 3.8) is 0 Å². The van der Waals surface area contributed by atoms with Gasteiger partial charge in [-0.25, -0.2) is 4.39 Å². The first-order valence-electron chi connectivity index (χ1n) is 9.41. The molecule has 1 heterocycles. The minimum absolute atomic E-state index is 0.0573. The lowest BCUT2D eigenvalue weighted by molar-refractivity contribution is -0.154. The molecule has 1 N–H and O–H groups in total. The molecule has 0 bridgehead atoms. The van der Waals surface area contributed by atoms with Crippen molar-refractivity contribution in [3.8, 4) is 0 Å². The second kappa shape index (κ2) is 10.0. The molecule has 7 heteroatoms. The molecule has 6 nitrogen and oxygen atoms in total. The highest BCUT2D eigenvalue weighted by atomic mass is 19.1.